The Labute approximate surface area is 252 Å². The summed E-state index contributed by atoms with van der Waals surface area (Å²) >= 11 is 6.14. The first kappa shape index (κ1) is 30.8. The molecule has 42 heavy (non-hydrogen) atoms. The molecule has 2 aromatic rings. The van der Waals surface area contributed by atoms with Crippen LogP contribution in [0, 0.1) is 5.92 Å². The first-order valence-corrected chi connectivity index (χ1v) is 16.4. The Balaban J connectivity index is 1.31. The molecule has 3 aliphatic rings. The molecule has 2 saturated carbocycles. The van der Waals surface area contributed by atoms with Gasteiger partial charge in [-0.1, -0.05) is 23.7 Å². The van der Waals surface area contributed by atoms with Gasteiger partial charge in [-0.2, -0.15) is 9.29 Å². The summed E-state index contributed by atoms with van der Waals surface area (Å²) in [5.74, 6) is 2.21. The highest BCUT2D eigenvalue weighted by Gasteiger charge is 2.60. The number of rotatable bonds is 10. The molecule has 2 aliphatic carbocycles. The average Bonchev–Trinajstić information content (AvgIpc) is 3.62. The van der Waals surface area contributed by atoms with Crippen LogP contribution in [0.5, 0.6) is 11.6 Å². The van der Waals surface area contributed by atoms with E-state index in [0.717, 1.165) is 37.1 Å². The molecule has 1 aliphatic heterocycles. The minimum atomic E-state index is -3.63. The number of hydrogen-bond acceptors (Lipinski definition) is 9. The first-order valence-electron chi connectivity index (χ1n) is 14.2. The maximum Gasteiger partial charge on any atom is 0.410 e. The Morgan fingerprint density at radius 3 is 2.52 bits per heavy atom. The number of aromatic nitrogens is 2. The predicted octanol–water partition coefficient (Wildman–Crippen LogP) is 4.03. The number of carbonyl (C=O) groups is 1. The number of hydrogen-bond donors (Lipinski definition) is 0. The summed E-state index contributed by atoms with van der Waals surface area (Å²) in [5, 5.41) is 0.387. The molecule has 3 unspecified atom stereocenters. The number of methoxy groups -OCH3 is 3. The number of amides is 1. The van der Waals surface area contributed by atoms with E-state index in [4.69, 9.17) is 30.5 Å². The number of benzene rings is 1. The second-order valence-corrected chi connectivity index (χ2v) is 13.9. The molecule has 0 bridgehead atoms. The average molecular weight is 623 g/mol. The Morgan fingerprint density at radius 2 is 1.90 bits per heavy atom. The van der Waals surface area contributed by atoms with Crippen molar-refractivity contribution in [1.82, 2.24) is 19.2 Å². The molecule has 11 nitrogen and oxygen atoms in total. The van der Waals surface area contributed by atoms with E-state index in [9.17, 15) is 13.2 Å². The lowest BCUT2D eigenvalue weighted by Gasteiger charge is -2.35. The van der Waals surface area contributed by atoms with E-state index in [1.807, 2.05) is 19.1 Å². The van der Waals surface area contributed by atoms with Crippen LogP contribution in [0.3, 0.4) is 0 Å². The zero-order chi connectivity index (χ0) is 30.2. The summed E-state index contributed by atoms with van der Waals surface area (Å²) in [4.78, 5) is 23.6. The quantitative estimate of drug-likeness (QED) is 0.387. The largest absolute Gasteiger partial charge is 0.497 e. The Morgan fingerprint density at radius 1 is 1.17 bits per heavy atom. The summed E-state index contributed by atoms with van der Waals surface area (Å²) in [6, 6.07) is 6.10. The van der Waals surface area contributed by atoms with Crippen LogP contribution >= 0.6 is 11.6 Å². The van der Waals surface area contributed by atoms with Gasteiger partial charge in [-0.3, -0.25) is 4.90 Å². The number of likely N-dealkylation sites (tertiary alicyclic amines) is 1. The summed E-state index contributed by atoms with van der Waals surface area (Å²) in [5.41, 5.74) is 0.731. The van der Waals surface area contributed by atoms with Gasteiger partial charge in [0.25, 0.3) is 0 Å². The van der Waals surface area contributed by atoms with Crippen molar-refractivity contribution in [1.29, 1.82) is 0 Å². The number of carbonyl (C=O) groups excluding carboxylic acids is 1. The molecule has 0 N–H and O–H groups in total. The summed E-state index contributed by atoms with van der Waals surface area (Å²) in [7, 11) is 0.836. The Bertz CT molecular complexity index is 1390. The van der Waals surface area contributed by atoms with E-state index in [2.05, 4.69) is 9.97 Å². The van der Waals surface area contributed by atoms with Crippen LogP contribution < -0.4 is 9.47 Å². The van der Waals surface area contributed by atoms with Gasteiger partial charge in [0, 0.05) is 24.0 Å². The smallest absolute Gasteiger partial charge is 0.410 e. The van der Waals surface area contributed by atoms with Crippen molar-refractivity contribution in [3.05, 3.63) is 46.9 Å². The van der Waals surface area contributed by atoms with Crippen molar-refractivity contribution < 1.29 is 32.2 Å². The van der Waals surface area contributed by atoms with Gasteiger partial charge in [0.05, 0.1) is 52.5 Å². The van der Waals surface area contributed by atoms with Crippen LogP contribution in [0.1, 0.15) is 50.4 Å². The number of fused-ring (bicyclic) bond motifs is 1. The number of halogens is 1. The van der Waals surface area contributed by atoms with Crippen molar-refractivity contribution in [3.63, 3.8) is 0 Å². The molecule has 3 fully saturated rings. The van der Waals surface area contributed by atoms with E-state index in [-0.39, 0.29) is 30.7 Å². The minimum Gasteiger partial charge on any atom is -0.497 e. The highest BCUT2D eigenvalue weighted by molar-refractivity contribution is 7.88. The molecule has 1 aromatic heterocycles. The maximum absolute atomic E-state index is 13.1. The van der Waals surface area contributed by atoms with Gasteiger partial charge in [-0.05, 0) is 62.6 Å². The fourth-order valence-electron chi connectivity index (χ4n) is 6.80. The maximum atomic E-state index is 13.1. The number of sulfonamides is 1. The standard InChI is InChI=1S/C29H39ClN4O7S/c1-18-12-24(33(42(5,36)37)16-19-6-8-21(38-2)9-7-19)25(34(18)28(35)40-4)17-41-22-10-11-29(14-20(29)13-22)27-31-15-23(30)26(32-27)39-3/h6-9,15,18,20,22,24-25H,10-14,16-17H2,1-5H3/t18-,20?,22?,24+,25+,29?/m1/s1. The van der Waals surface area contributed by atoms with Crippen molar-refractivity contribution >= 4 is 27.7 Å². The molecular weight excluding hydrogens is 584 g/mol. The SMILES string of the molecule is COC(=O)N1[C@H](C)C[C@H](N(Cc2ccc(OC)cc2)S(C)(=O)=O)[C@@H]1COC1CCC2(c3ncc(Cl)c(OC)n3)CC2C1. The number of nitrogens with zero attached hydrogens (tertiary/aromatic N) is 4. The van der Waals surface area contributed by atoms with Crippen LogP contribution in [0.4, 0.5) is 4.79 Å². The normalized spacial score (nSPS) is 28.8. The molecule has 0 radical (unpaired) electrons. The van der Waals surface area contributed by atoms with Gasteiger partial charge in [0.1, 0.15) is 16.6 Å². The van der Waals surface area contributed by atoms with Gasteiger partial charge in [0.15, 0.2) is 0 Å². The van der Waals surface area contributed by atoms with Crippen molar-refractivity contribution in [2.24, 2.45) is 5.92 Å². The first-order chi connectivity index (χ1) is 20.0. The Kier molecular flexibility index (Phi) is 8.90. The molecule has 1 saturated heterocycles. The lowest BCUT2D eigenvalue weighted by atomic mass is 9.86. The van der Waals surface area contributed by atoms with Gasteiger partial charge in [-0.15, -0.1) is 0 Å². The summed E-state index contributed by atoms with van der Waals surface area (Å²) in [6.45, 7) is 2.29. The summed E-state index contributed by atoms with van der Waals surface area (Å²) in [6.07, 6.45) is 6.24. The molecule has 1 aromatic carbocycles. The van der Waals surface area contributed by atoms with Crippen LogP contribution in [-0.2, 0) is 31.5 Å². The predicted molar refractivity (Wildman–Crippen MR) is 156 cm³/mol. The zero-order valence-corrected chi connectivity index (χ0v) is 26.2. The van der Waals surface area contributed by atoms with E-state index in [1.54, 1.807) is 37.4 Å². The van der Waals surface area contributed by atoms with Crippen LogP contribution in [-0.4, -0.2) is 92.1 Å². The second kappa shape index (κ2) is 12.1. The highest BCUT2D eigenvalue weighted by atomic mass is 35.5. The van der Waals surface area contributed by atoms with E-state index < -0.39 is 28.2 Å². The molecule has 2 heterocycles. The van der Waals surface area contributed by atoms with Crippen molar-refractivity contribution in [2.45, 2.75) is 75.2 Å². The molecule has 0 spiro atoms. The second-order valence-electron chi connectivity index (χ2n) is 11.6. The van der Waals surface area contributed by atoms with Crippen molar-refractivity contribution in [3.8, 4) is 11.6 Å². The van der Waals surface area contributed by atoms with Crippen LogP contribution in [0.25, 0.3) is 0 Å². The Hall–Kier alpha value is -2.67. The monoisotopic (exact) mass is 622 g/mol. The molecule has 6 atom stereocenters. The lowest BCUT2D eigenvalue weighted by molar-refractivity contribution is -0.0154. The van der Waals surface area contributed by atoms with Gasteiger partial charge in [0.2, 0.25) is 15.9 Å². The van der Waals surface area contributed by atoms with Gasteiger partial charge in [-0.25, -0.2) is 18.2 Å². The molecule has 13 heteroatoms. The third kappa shape index (κ3) is 6.04. The molecular formula is C29H39ClN4O7S. The van der Waals surface area contributed by atoms with Crippen LogP contribution in [0.15, 0.2) is 30.5 Å². The highest BCUT2D eigenvalue weighted by Crippen LogP contribution is 2.62. The fourth-order valence-corrected chi connectivity index (χ4v) is 8.07. The fraction of sp³-hybridized carbons (Fsp3) is 0.621. The molecule has 1 amide bonds. The van der Waals surface area contributed by atoms with Gasteiger partial charge >= 0.3 is 6.09 Å². The molecule has 5 rings (SSSR count). The van der Waals surface area contributed by atoms with E-state index in [0.29, 0.717) is 29.0 Å². The summed E-state index contributed by atoms with van der Waals surface area (Å²) < 4.78 is 49.9. The number of ether oxygens (including phenoxy) is 4. The zero-order valence-electron chi connectivity index (χ0n) is 24.7. The van der Waals surface area contributed by atoms with Gasteiger partial charge < -0.3 is 18.9 Å². The molecule has 230 valence electrons. The topological polar surface area (TPSA) is 120 Å². The minimum absolute atomic E-state index is 0.0239. The lowest BCUT2D eigenvalue weighted by Crippen LogP contribution is -2.51. The van der Waals surface area contributed by atoms with Crippen LogP contribution in [0.2, 0.25) is 5.02 Å². The van der Waals surface area contributed by atoms with E-state index >= 15 is 0 Å². The third-order valence-electron chi connectivity index (χ3n) is 9.08. The van der Waals surface area contributed by atoms with Crippen molar-refractivity contribution in [2.75, 3.05) is 34.2 Å². The van der Waals surface area contributed by atoms with E-state index in [1.165, 1.54) is 17.7 Å². The third-order valence-corrected chi connectivity index (χ3v) is 10.6.